The van der Waals surface area contributed by atoms with Crippen LogP contribution in [0.5, 0.6) is 0 Å². The van der Waals surface area contributed by atoms with E-state index in [9.17, 15) is 9.59 Å². The lowest BCUT2D eigenvalue weighted by Crippen LogP contribution is -2.45. The second kappa shape index (κ2) is 6.33. The summed E-state index contributed by atoms with van der Waals surface area (Å²) in [6.07, 6.45) is 0.338. The second-order valence-electron chi connectivity index (χ2n) is 5.00. The van der Waals surface area contributed by atoms with E-state index in [0.29, 0.717) is 18.7 Å². The van der Waals surface area contributed by atoms with E-state index in [0.717, 1.165) is 5.56 Å². The van der Waals surface area contributed by atoms with E-state index < -0.39 is 5.54 Å². The van der Waals surface area contributed by atoms with Gasteiger partial charge in [-0.2, -0.15) is 0 Å². The van der Waals surface area contributed by atoms with Gasteiger partial charge in [0.15, 0.2) is 0 Å². The SMILES string of the molecule is CCNC(=O)Cc1ccc(NC(=O)C(C)(C)N)cc1. The Bertz CT molecular complexity index is 447. The predicted octanol–water partition coefficient (Wildman–Crippen LogP) is 1.04. The summed E-state index contributed by atoms with van der Waals surface area (Å²) < 4.78 is 0. The van der Waals surface area contributed by atoms with Crippen LogP contribution in [0.25, 0.3) is 0 Å². The Labute approximate surface area is 113 Å². The lowest BCUT2D eigenvalue weighted by molar-refractivity contribution is -0.121. The molecule has 5 nitrogen and oxygen atoms in total. The normalized spacial score (nSPS) is 10.9. The molecule has 0 aliphatic heterocycles. The van der Waals surface area contributed by atoms with Crippen LogP contribution in [0.3, 0.4) is 0 Å². The Morgan fingerprint density at radius 2 is 1.79 bits per heavy atom. The van der Waals surface area contributed by atoms with Gasteiger partial charge < -0.3 is 16.4 Å². The van der Waals surface area contributed by atoms with Crippen molar-refractivity contribution in [2.24, 2.45) is 5.73 Å². The number of nitrogens with one attached hydrogen (secondary N) is 2. The number of likely N-dealkylation sites (N-methyl/N-ethyl adjacent to an activating group) is 1. The van der Waals surface area contributed by atoms with Gasteiger partial charge in [-0.1, -0.05) is 12.1 Å². The van der Waals surface area contributed by atoms with Gasteiger partial charge in [-0.15, -0.1) is 0 Å². The number of anilines is 1. The fraction of sp³-hybridized carbons (Fsp3) is 0.429. The lowest BCUT2D eigenvalue weighted by Gasteiger charge is -2.17. The van der Waals surface area contributed by atoms with Gasteiger partial charge in [0.05, 0.1) is 12.0 Å². The van der Waals surface area contributed by atoms with Gasteiger partial charge in [0, 0.05) is 12.2 Å². The third kappa shape index (κ3) is 5.09. The second-order valence-corrected chi connectivity index (χ2v) is 5.00. The van der Waals surface area contributed by atoms with Gasteiger partial charge >= 0.3 is 0 Å². The highest BCUT2D eigenvalue weighted by atomic mass is 16.2. The number of rotatable bonds is 5. The molecule has 0 heterocycles. The molecule has 0 spiro atoms. The Hall–Kier alpha value is -1.88. The van der Waals surface area contributed by atoms with Gasteiger partial charge in [0.25, 0.3) is 0 Å². The maximum absolute atomic E-state index is 11.7. The maximum atomic E-state index is 11.7. The number of hydrogen-bond acceptors (Lipinski definition) is 3. The maximum Gasteiger partial charge on any atom is 0.243 e. The van der Waals surface area contributed by atoms with Gasteiger partial charge in [-0.3, -0.25) is 9.59 Å². The third-order valence-electron chi connectivity index (χ3n) is 2.54. The molecule has 1 aromatic carbocycles. The molecular formula is C14H21N3O2. The lowest BCUT2D eigenvalue weighted by atomic mass is 10.1. The summed E-state index contributed by atoms with van der Waals surface area (Å²) in [6, 6.07) is 7.15. The van der Waals surface area contributed by atoms with Gasteiger partial charge in [-0.25, -0.2) is 0 Å². The molecule has 104 valence electrons. The smallest absolute Gasteiger partial charge is 0.243 e. The Balaban J connectivity index is 2.62. The van der Waals surface area contributed by atoms with Crippen molar-refractivity contribution in [1.82, 2.24) is 5.32 Å². The van der Waals surface area contributed by atoms with E-state index in [2.05, 4.69) is 10.6 Å². The first-order valence-electron chi connectivity index (χ1n) is 6.29. The summed E-state index contributed by atoms with van der Waals surface area (Å²) in [5, 5.41) is 5.46. The van der Waals surface area contributed by atoms with Crippen LogP contribution in [-0.4, -0.2) is 23.9 Å². The van der Waals surface area contributed by atoms with Crippen molar-refractivity contribution in [3.8, 4) is 0 Å². The minimum absolute atomic E-state index is 0.0117. The summed E-state index contributed by atoms with van der Waals surface area (Å²) in [5.41, 5.74) is 6.34. The molecule has 0 saturated heterocycles. The van der Waals surface area contributed by atoms with Gasteiger partial charge in [0.2, 0.25) is 11.8 Å². The van der Waals surface area contributed by atoms with Crippen molar-refractivity contribution < 1.29 is 9.59 Å². The van der Waals surface area contributed by atoms with E-state index in [4.69, 9.17) is 5.73 Å². The summed E-state index contributed by atoms with van der Waals surface area (Å²) >= 11 is 0. The molecular weight excluding hydrogens is 242 g/mol. The van der Waals surface area contributed by atoms with E-state index in [1.165, 1.54) is 0 Å². The third-order valence-corrected chi connectivity index (χ3v) is 2.54. The highest BCUT2D eigenvalue weighted by Crippen LogP contribution is 2.12. The van der Waals surface area contributed by atoms with Gasteiger partial charge in [0.1, 0.15) is 0 Å². The highest BCUT2D eigenvalue weighted by molar-refractivity contribution is 5.97. The fourth-order valence-corrected chi connectivity index (χ4v) is 1.44. The van der Waals surface area contributed by atoms with Crippen molar-refractivity contribution in [2.75, 3.05) is 11.9 Å². The minimum atomic E-state index is -0.917. The largest absolute Gasteiger partial charge is 0.356 e. The molecule has 0 aromatic heterocycles. The highest BCUT2D eigenvalue weighted by Gasteiger charge is 2.21. The standard InChI is InChI=1S/C14H21N3O2/c1-4-16-12(18)9-10-5-7-11(8-6-10)17-13(19)14(2,3)15/h5-8H,4,9,15H2,1-3H3,(H,16,18)(H,17,19). The van der Waals surface area contributed by atoms with E-state index >= 15 is 0 Å². The van der Waals surface area contributed by atoms with Crippen LogP contribution < -0.4 is 16.4 Å². The first-order chi connectivity index (χ1) is 8.82. The average Bonchev–Trinajstić information content (AvgIpc) is 2.30. The quantitative estimate of drug-likeness (QED) is 0.742. The van der Waals surface area contributed by atoms with E-state index in [1.54, 1.807) is 26.0 Å². The molecule has 1 aromatic rings. The number of carbonyl (C=O) groups excluding carboxylic acids is 2. The van der Waals surface area contributed by atoms with Crippen LogP contribution in [0.2, 0.25) is 0 Å². The zero-order chi connectivity index (χ0) is 14.5. The number of benzene rings is 1. The number of carbonyl (C=O) groups is 2. The molecule has 0 aliphatic rings. The number of nitrogens with two attached hydrogens (primary N) is 1. The van der Waals surface area contributed by atoms with Crippen molar-refractivity contribution in [1.29, 1.82) is 0 Å². The number of amides is 2. The van der Waals surface area contributed by atoms with E-state index in [1.807, 2.05) is 19.1 Å². The molecule has 0 aliphatic carbocycles. The predicted molar refractivity (Wildman–Crippen MR) is 75.7 cm³/mol. The van der Waals surface area contributed by atoms with Crippen molar-refractivity contribution in [3.05, 3.63) is 29.8 Å². The van der Waals surface area contributed by atoms with E-state index in [-0.39, 0.29) is 11.8 Å². The molecule has 5 heteroatoms. The molecule has 1 rings (SSSR count). The molecule has 0 unspecified atom stereocenters. The molecule has 4 N–H and O–H groups in total. The minimum Gasteiger partial charge on any atom is -0.356 e. The first-order valence-corrected chi connectivity index (χ1v) is 6.29. The molecule has 0 fully saturated rings. The number of hydrogen-bond donors (Lipinski definition) is 3. The van der Waals surface area contributed by atoms with Crippen LogP contribution in [0.4, 0.5) is 5.69 Å². The zero-order valence-corrected chi connectivity index (χ0v) is 11.6. The molecule has 0 saturated carbocycles. The van der Waals surface area contributed by atoms with Crippen molar-refractivity contribution in [2.45, 2.75) is 32.7 Å². The van der Waals surface area contributed by atoms with Crippen LogP contribution in [0.1, 0.15) is 26.3 Å². The summed E-state index contributed by atoms with van der Waals surface area (Å²) in [7, 11) is 0. The zero-order valence-electron chi connectivity index (χ0n) is 11.6. The first kappa shape index (κ1) is 15.2. The Kier molecular flexibility index (Phi) is 5.06. The average molecular weight is 263 g/mol. The summed E-state index contributed by atoms with van der Waals surface area (Å²) in [5.74, 6) is -0.258. The fourth-order valence-electron chi connectivity index (χ4n) is 1.44. The molecule has 2 amide bonds. The van der Waals surface area contributed by atoms with Crippen molar-refractivity contribution >= 4 is 17.5 Å². The summed E-state index contributed by atoms with van der Waals surface area (Å²) in [6.45, 7) is 5.79. The molecule has 0 radical (unpaired) electrons. The van der Waals surface area contributed by atoms with Crippen LogP contribution in [0.15, 0.2) is 24.3 Å². The molecule has 0 atom stereocenters. The van der Waals surface area contributed by atoms with Crippen LogP contribution >= 0.6 is 0 Å². The van der Waals surface area contributed by atoms with Crippen LogP contribution in [0, 0.1) is 0 Å². The summed E-state index contributed by atoms with van der Waals surface area (Å²) in [4.78, 5) is 23.1. The topological polar surface area (TPSA) is 84.2 Å². The van der Waals surface area contributed by atoms with Crippen LogP contribution in [-0.2, 0) is 16.0 Å². The monoisotopic (exact) mass is 263 g/mol. The van der Waals surface area contributed by atoms with Crippen molar-refractivity contribution in [3.63, 3.8) is 0 Å². The molecule has 0 bridgehead atoms. The Morgan fingerprint density at radius 1 is 1.21 bits per heavy atom. The molecule has 19 heavy (non-hydrogen) atoms. The van der Waals surface area contributed by atoms with Gasteiger partial charge in [-0.05, 0) is 38.5 Å². The Morgan fingerprint density at radius 3 is 2.26 bits per heavy atom.